The number of rotatable bonds is 6. The van der Waals surface area contributed by atoms with Crippen LogP contribution in [0.5, 0.6) is 5.75 Å². The second-order valence-corrected chi connectivity index (χ2v) is 4.98. The molecule has 0 atom stereocenters. The monoisotopic (exact) mass is 302 g/mol. The second kappa shape index (κ2) is 7.36. The van der Waals surface area contributed by atoms with Crippen LogP contribution in [0.1, 0.15) is 28.7 Å². The number of hydrogen-bond donors (Lipinski definition) is 1. The zero-order valence-electron chi connectivity index (χ0n) is 11.5. The molecule has 1 heterocycles. The Morgan fingerprint density at radius 2 is 2.38 bits per heavy atom. The van der Waals surface area contributed by atoms with Crippen molar-refractivity contribution in [2.24, 2.45) is 0 Å². The molecule has 21 heavy (non-hydrogen) atoms. The van der Waals surface area contributed by atoms with E-state index < -0.39 is 0 Å². The van der Waals surface area contributed by atoms with Crippen LogP contribution in [0.25, 0.3) is 0 Å². The summed E-state index contributed by atoms with van der Waals surface area (Å²) in [6.45, 7) is 1.99. The number of anilines is 1. The Hall–Kier alpha value is -2.46. The molecule has 1 aromatic carbocycles. The fourth-order valence-electron chi connectivity index (χ4n) is 1.75. The fraction of sp³-hybridized carbons (Fsp3) is 0.286. The summed E-state index contributed by atoms with van der Waals surface area (Å²) in [5, 5.41) is 15.3. The van der Waals surface area contributed by atoms with Crippen LogP contribution in [-0.4, -0.2) is 22.1 Å². The van der Waals surface area contributed by atoms with Gasteiger partial charge in [-0.3, -0.25) is 4.79 Å². The lowest BCUT2D eigenvalue weighted by molar-refractivity contribution is 0.102. The van der Waals surface area contributed by atoms with Crippen molar-refractivity contribution in [2.75, 3.05) is 11.9 Å². The van der Waals surface area contributed by atoms with Gasteiger partial charge in [0.25, 0.3) is 5.91 Å². The van der Waals surface area contributed by atoms with E-state index in [1.807, 2.05) is 13.0 Å². The molecule has 0 saturated heterocycles. The molecule has 2 rings (SSSR count). The van der Waals surface area contributed by atoms with E-state index >= 15 is 0 Å². The predicted molar refractivity (Wildman–Crippen MR) is 79.4 cm³/mol. The molecule has 0 saturated carbocycles. The van der Waals surface area contributed by atoms with Gasteiger partial charge in [0.15, 0.2) is 6.61 Å². The van der Waals surface area contributed by atoms with Crippen molar-refractivity contribution in [2.45, 2.75) is 19.8 Å². The quantitative estimate of drug-likeness (QED) is 0.886. The molecular formula is C14H14N4O2S. The van der Waals surface area contributed by atoms with Crippen molar-refractivity contribution in [1.82, 2.24) is 9.59 Å². The van der Waals surface area contributed by atoms with Gasteiger partial charge in [-0.2, -0.15) is 5.26 Å². The first kappa shape index (κ1) is 14.9. The highest BCUT2D eigenvalue weighted by atomic mass is 32.1. The van der Waals surface area contributed by atoms with Gasteiger partial charge in [0.05, 0.1) is 5.69 Å². The number of nitrogens with one attached hydrogen (secondary N) is 1. The van der Waals surface area contributed by atoms with Gasteiger partial charge in [0, 0.05) is 11.8 Å². The Kier molecular flexibility index (Phi) is 5.23. The first-order valence-electron chi connectivity index (χ1n) is 6.47. The summed E-state index contributed by atoms with van der Waals surface area (Å²) in [5.41, 5.74) is 1.32. The van der Waals surface area contributed by atoms with Crippen LogP contribution in [-0.2, 0) is 6.42 Å². The van der Waals surface area contributed by atoms with Crippen molar-refractivity contribution in [1.29, 1.82) is 5.26 Å². The lowest BCUT2D eigenvalue weighted by Crippen LogP contribution is -2.12. The van der Waals surface area contributed by atoms with Gasteiger partial charge < -0.3 is 10.1 Å². The lowest BCUT2D eigenvalue weighted by Gasteiger charge is -2.07. The zero-order chi connectivity index (χ0) is 15.1. The van der Waals surface area contributed by atoms with Crippen LogP contribution in [0, 0.1) is 11.3 Å². The molecule has 0 radical (unpaired) electrons. The van der Waals surface area contributed by atoms with E-state index in [0.717, 1.165) is 30.1 Å². The van der Waals surface area contributed by atoms with E-state index in [4.69, 9.17) is 10.00 Å². The Balaban J connectivity index is 2.09. The number of nitriles is 1. The Morgan fingerprint density at radius 1 is 1.52 bits per heavy atom. The molecule has 1 aromatic heterocycles. The van der Waals surface area contributed by atoms with Crippen molar-refractivity contribution in [3.63, 3.8) is 0 Å². The van der Waals surface area contributed by atoms with E-state index in [-0.39, 0.29) is 12.5 Å². The molecule has 0 unspecified atom stereocenters. The average molecular weight is 302 g/mol. The van der Waals surface area contributed by atoms with Crippen molar-refractivity contribution in [3.8, 4) is 11.8 Å². The summed E-state index contributed by atoms with van der Waals surface area (Å²) in [6.07, 6.45) is 1.63. The highest BCUT2D eigenvalue weighted by Crippen LogP contribution is 2.20. The van der Waals surface area contributed by atoms with E-state index in [1.165, 1.54) is 0 Å². The Labute approximate surface area is 126 Å². The zero-order valence-corrected chi connectivity index (χ0v) is 12.3. The molecule has 108 valence electrons. The summed E-state index contributed by atoms with van der Waals surface area (Å²) in [7, 11) is 0. The maximum atomic E-state index is 12.2. The lowest BCUT2D eigenvalue weighted by atomic mass is 10.2. The molecule has 7 heteroatoms. The van der Waals surface area contributed by atoms with Gasteiger partial charge in [-0.25, -0.2) is 0 Å². The molecule has 0 aliphatic heterocycles. The number of carbonyl (C=O) groups is 1. The average Bonchev–Trinajstić information content (AvgIpc) is 2.94. The number of nitrogens with zero attached hydrogens (tertiary/aromatic N) is 3. The third-order valence-electron chi connectivity index (χ3n) is 2.64. The second-order valence-electron chi connectivity index (χ2n) is 4.23. The molecule has 0 spiro atoms. The minimum absolute atomic E-state index is 0.0309. The summed E-state index contributed by atoms with van der Waals surface area (Å²) < 4.78 is 9.03. The molecule has 1 N–H and O–H groups in total. The van der Waals surface area contributed by atoms with Gasteiger partial charge in [-0.15, -0.1) is 5.10 Å². The first-order chi connectivity index (χ1) is 10.2. The van der Waals surface area contributed by atoms with Crippen LogP contribution in [0.3, 0.4) is 0 Å². The largest absolute Gasteiger partial charge is 0.479 e. The minimum atomic E-state index is -0.231. The third kappa shape index (κ3) is 4.00. The van der Waals surface area contributed by atoms with Crippen molar-refractivity contribution < 1.29 is 9.53 Å². The van der Waals surface area contributed by atoms with E-state index in [1.54, 1.807) is 24.3 Å². The van der Waals surface area contributed by atoms with Crippen LogP contribution >= 0.6 is 11.5 Å². The van der Waals surface area contributed by atoms with E-state index in [9.17, 15) is 4.79 Å². The smallest absolute Gasteiger partial charge is 0.269 e. The van der Waals surface area contributed by atoms with E-state index in [2.05, 4.69) is 14.9 Å². The Morgan fingerprint density at radius 3 is 3.14 bits per heavy atom. The molecule has 0 aliphatic carbocycles. The molecule has 6 nitrogen and oxygen atoms in total. The molecule has 1 amide bonds. The standard InChI is InChI=1S/C14H14N4O2S/c1-2-4-12-13(21-18-17-12)14(19)16-10-5-3-6-11(9-10)20-8-7-15/h3,5-6,9H,2,4,8H2,1H3,(H,16,19). The van der Waals surface area contributed by atoms with Gasteiger partial charge in [-0.1, -0.05) is 23.9 Å². The summed E-state index contributed by atoms with van der Waals surface area (Å²) in [5.74, 6) is 0.302. The van der Waals surface area contributed by atoms with Crippen LogP contribution in [0.15, 0.2) is 24.3 Å². The maximum absolute atomic E-state index is 12.2. The van der Waals surface area contributed by atoms with Crippen LogP contribution < -0.4 is 10.1 Å². The normalized spacial score (nSPS) is 9.90. The highest BCUT2D eigenvalue weighted by molar-refractivity contribution is 7.08. The molecule has 0 bridgehead atoms. The maximum Gasteiger partial charge on any atom is 0.269 e. The van der Waals surface area contributed by atoms with Crippen LogP contribution in [0.2, 0.25) is 0 Å². The molecular weight excluding hydrogens is 288 g/mol. The fourth-order valence-corrected chi connectivity index (χ4v) is 2.35. The number of benzene rings is 1. The number of hydrogen-bond acceptors (Lipinski definition) is 6. The van der Waals surface area contributed by atoms with Gasteiger partial charge in [0.1, 0.15) is 16.7 Å². The number of aryl methyl sites for hydroxylation is 1. The predicted octanol–water partition coefficient (Wildman–Crippen LogP) is 2.65. The van der Waals surface area contributed by atoms with E-state index in [0.29, 0.717) is 16.3 Å². The number of carbonyl (C=O) groups excluding carboxylic acids is 1. The molecule has 2 aromatic rings. The third-order valence-corrected chi connectivity index (χ3v) is 3.41. The first-order valence-corrected chi connectivity index (χ1v) is 7.24. The van der Waals surface area contributed by atoms with Gasteiger partial charge in [-0.05, 0) is 30.1 Å². The van der Waals surface area contributed by atoms with Crippen molar-refractivity contribution in [3.05, 3.63) is 34.8 Å². The number of amides is 1. The number of aromatic nitrogens is 2. The minimum Gasteiger partial charge on any atom is -0.479 e. The highest BCUT2D eigenvalue weighted by Gasteiger charge is 2.15. The van der Waals surface area contributed by atoms with Gasteiger partial charge >= 0.3 is 0 Å². The van der Waals surface area contributed by atoms with Gasteiger partial charge in [0.2, 0.25) is 0 Å². The van der Waals surface area contributed by atoms with Crippen LogP contribution in [0.4, 0.5) is 5.69 Å². The van der Waals surface area contributed by atoms with Crippen molar-refractivity contribution >= 4 is 23.1 Å². The topological polar surface area (TPSA) is 87.9 Å². The Bertz CT molecular complexity index is 663. The molecule has 0 fully saturated rings. The SMILES string of the molecule is CCCc1nnsc1C(=O)Nc1cccc(OCC#N)c1. The molecule has 0 aliphatic rings. The number of ether oxygens (including phenoxy) is 1. The summed E-state index contributed by atoms with van der Waals surface area (Å²) >= 11 is 1.09. The summed E-state index contributed by atoms with van der Waals surface area (Å²) in [6, 6.07) is 8.80. The summed E-state index contributed by atoms with van der Waals surface area (Å²) in [4.78, 5) is 12.8.